The number of nitrogen functional groups attached to an aromatic ring is 1. The van der Waals surface area contributed by atoms with Crippen LogP contribution in [-0.4, -0.2) is 15.0 Å². The molecule has 0 aliphatic carbocycles. The van der Waals surface area contributed by atoms with Gasteiger partial charge in [0, 0.05) is 29.0 Å². The summed E-state index contributed by atoms with van der Waals surface area (Å²) in [6, 6.07) is 18.2. The molecule has 0 amide bonds. The van der Waals surface area contributed by atoms with Crippen LogP contribution in [0.4, 0.5) is 17.5 Å². The van der Waals surface area contributed by atoms with Crippen LogP contribution in [0.5, 0.6) is 0 Å². The van der Waals surface area contributed by atoms with E-state index < -0.39 is 0 Å². The van der Waals surface area contributed by atoms with Gasteiger partial charge < -0.3 is 11.1 Å². The lowest BCUT2D eigenvalue weighted by Crippen LogP contribution is -2.02. The van der Waals surface area contributed by atoms with Crippen molar-refractivity contribution in [1.29, 1.82) is 0 Å². The first-order valence-corrected chi connectivity index (χ1v) is 8.56. The van der Waals surface area contributed by atoms with Crippen molar-refractivity contribution in [2.24, 2.45) is 0 Å². The standard InChI is InChI=1S/C21H19N5/c1-2-14-5-3-7-17(11-14)25-21-24-13-18(20(22)26-21)15-8-9-19-16(12-15)6-4-10-23-19/h3-13H,2H2,1H3,(H3,22,24,25,26). The smallest absolute Gasteiger partial charge is 0.229 e. The van der Waals surface area contributed by atoms with E-state index in [0.717, 1.165) is 34.1 Å². The van der Waals surface area contributed by atoms with E-state index in [0.29, 0.717) is 11.8 Å². The lowest BCUT2D eigenvalue weighted by molar-refractivity contribution is 1.13. The van der Waals surface area contributed by atoms with Crippen molar-refractivity contribution in [1.82, 2.24) is 15.0 Å². The molecule has 0 atom stereocenters. The molecule has 0 spiro atoms. The van der Waals surface area contributed by atoms with Gasteiger partial charge in [-0.1, -0.05) is 31.2 Å². The maximum Gasteiger partial charge on any atom is 0.229 e. The van der Waals surface area contributed by atoms with Crippen LogP contribution in [0.25, 0.3) is 22.0 Å². The molecule has 4 aromatic rings. The Balaban J connectivity index is 1.64. The molecule has 0 aliphatic rings. The molecule has 4 rings (SSSR count). The number of pyridine rings is 1. The van der Waals surface area contributed by atoms with Crippen LogP contribution in [0.3, 0.4) is 0 Å². The molecule has 0 fully saturated rings. The summed E-state index contributed by atoms with van der Waals surface area (Å²) in [4.78, 5) is 13.2. The van der Waals surface area contributed by atoms with Crippen LogP contribution in [0.1, 0.15) is 12.5 Å². The number of anilines is 3. The lowest BCUT2D eigenvalue weighted by atomic mass is 10.1. The minimum Gasteiger partial charge on any atom is -0.383 e. The summed E-state index contributed by atoms with van der Waals surface area (Å²) >= 11 is 0. The molecule has 5 heteroatoms. The van der Waals surface area contributed by atoms with Crippen LogP contribution in [0, 0.1) is 0 Å². The molecule has 0 saturated heterocycles. The first kappa shape index (κ1) is 16.0. The van der Waals surface area contributed by atoms with Gasteiger partial charge in [0.2, 0.25) is 5.95 Å². The molecule has 26 heavy (non-hydrogen) atoms. The SMILES string of the molecule is CCc1cccc(Nc2ncc(-c3ccc4ncccc4c3)c(N)n2)c1. The number of hydrogen-bond acceptors (Lipinski definition) is 5. The van der Waals surface area contributed by atoms with Crippen LogP contribution in [-0.2, 0) is 6.42 Å². The summed E-state index contributed by atoms with van der Waals surface area (Å²) in [5.41, 5.74) is 11.1. The van der Waals surface area contributed by atoms with E-state index in [4.69, 9.17) is 5.73 Å². The number of aryl methyl sites for hydroxylation is 1. The zero-order chi connectivity index (χ0) is 17.9. The summed E-state index contributed by atoms with van der Waals surface area (Å²) in [5, 5.41) is 4.27. The van der Waals surface area contributed by atoms with Crippen LogP contribution in [0.15, 0.2) is 67.0 Å². The van der Waals surface area contributed by atoms with E-state index in [-0.39, 0.29) is 0 Å². The summed E-state index contributed by atoms with van der Waals surface area (Å²) < 4.78 is 0. The topological polar surface area (TPSA) is 76.7 Å². The van der Waals surface area contributed by atoms with Crippen molar-refractivity contribution in [3.63, 3.8) is 0 Å². The quantitative estimate of drug-likeness (QED) is 0.568. The van der Waals surface area contributed by atoms with Crippen molar-refractivity contribution >= 4 is 28.4 Å². The highest BCUT2D eigenvalue weighted by molar-refractivity contribution is 5.86. The molecule has 0 saturated carbocycles. The molecular formula is C21H19N5. The third-order valence-corrected chi connectivity index (χ3v) is 4.32. The number of nitrogens with two attached hydrogens (primary N) is 1. The molecule has 5 nitrogen and oxygen atoms in total. The fourth-order valence-corrected chi connectivity index (χ4v) is 2.92. The molecule has 3 N–H and O–H groups in total. The third kappa shape index (κ3) is 3.19. The largest absolute Gasteiger partial charge is 0.383 e. The van der Waals surface area contributed by atoms with Crippen molar-refractivity contribution in [3.8, 4) is 11.1 Å². The number of rotatable bonds is 4. The van der Waals surface area contributed by atoms with Gasteiger partial charge in [0.05, 0.1) is 5.52 Å². The molecular weight excluding hydrogens is 322 g/mol. The summed E-state index contributed by atoms with van der Waals surface area (Å²) in [5.74, 6) is 0.930. The third-order valence-electron chi connectivity index (χ3n) is 4.32. The van der Waals surface area contributed by atoms with Crippen molar-refractivity contribution < 1.29 is 0 Å². The predicted octanol–water partition coefficient (Wildman–Crippen LogP) is 4.58. The average Bonchev–Trinajstić information content (AvgIpc) is 2.68. The van der Waals surface area contributed by atoms with Gasteiger partial charge in [-0.25, -0.2) is 4.98 Å². The van der Waals surface area contributed by atoms with E-state index >= 15 is 0 Å². The van der Waals surface area contributed by atoms with Gasteiger partial charge in [0.25, 0.3) is 0 Å². The van der Waals surface area contributed by atoms with Gasteiger partial charge in [0.15, 0.2) is 0 Å². The lowest BCUT2D eigenvalue weighted by Gasteiger charge is -2.10. The van der Waals surface area contributed by atoms with Crippen LogP contribution < -0.4 is 11.1 Å². The second-order valence-electron chi connectivity index (χ2n) is 6.08. The average molecular weight is 341 g/mol. The number of nitrogens with one attached hydrogen (secondary N) is 1. The number of aromatic nitrogens is 3. The van der Waals surface area contributed by atoms with E-state index in [1.165, 1.54) is 5.56 Å². The zero-order valence-corrected chi connectivity index (χ0v) is 14.5. The van der Waals surface area contributed by atoms with Gasteiger partial charge >= 0.3 is 0 Å². The summed E-state index contributed by atoms with van der Waals surface area (Å²) in [6.07, 6.45) is 4.52. The first-order valence-electron chi connectivity index (χ1n) is 8.56. The van der Waals surface area contributed by atoms with Gasteiger partial charge in [-0.15, -0.1) is 0 Å². The first-order chi connectivity index (χ1) is 12.7. The minimum atomic E-state index is 0.442. The monoisotopic (exact) mass is 341 g/mol. The Labute approximate surface area is 152 Å². The van der Waals surface area contributed by atoms with Crippen molar-refractivity contribution in [3.05, 3.63) is 72.6 Å². The Morgan fingerprint density at radius 2 is 1.92 bits per heavy atom. The number of hydrogen-bond donors (Lipinski definition) is 2. The molecule has 2 aromatic heterocycles. The Morgan fingerprint density at radius 3 is 2.77 bits per heavy atom. The second-order valence-corrected chi connectivity index (χ2v) is 6.08. The van der Waals surface area contributed by atoms with Gasteiger partial charge in [0.1, 0.15) is 5.82 Å². The molecule has 0 aliphatic heterocycles. The van der Waals surface area contributed by atoms with E-state index in [1.807, 2.05) is 36.4 Å². The maximum absolute atomic E-state index is 6.20. The highest BCUT2D eigenvalue weighted by Gasteiger charge is 2.08. The van der Waals surface area contributed by atoms with Crippen LogP contribution in [0.2, 0.25) is 0 Å². The highest BCUT2D eigenvalue weighted by atomic mass is 15.1. The highest BCUT2D eigenvalue weighted by Crippen LogP contribution is 2.28. The zero-order valence-electron chi connectivity index (χ0n) is 14.5. The normalized spacial score (nSPS) is 10.8. The molecule has 0 bridgehead atoms. The number of fused-ring (bicyclic) bond motifs is 1. The predicted molar refractivity (Wildman–Crippen MR) is 106 cm³/mol. The Bertz CT molecular complexity index is 1070. The Kier molecular flexibility index (Phi) is 4.19. The fourth-order valence-electron chi connectivity index (χ4n) is 2.92. The molecule has 2 heterocycles. The van der Waals surface area contributed by atoms with E-state index in [2.05, 4.69) is 45.4 Å². The van der Waals surface area contributed by atoms with Crippen LogP contribution >= 0.6 is 0 Å². The number of nitrogens with zero attached hydrogens (tertiary/aromatic N) is 3. The number of benzene rings is 2. The Morgan fingerprint density at radius 1 is 1.00 bits per heavy atom. The van der Waals surface area contributed by atoms with E-state index in [9.17, 15) is 0 Å². The maximum atomic E-state index is 6.20. The van der Waals surface area contributed by atoms with Gasteiger partial charge in [-0.2, -0.15) is 4.98 Å². The second kappa shape index (κ2) is 6.80. The summed E-state index contributed by atoms with van der Waals surface area (Å²) in [7, 11) is 0. The molecule has 0 radical (unpaired) electrons. The van der Waals surface area contributed by atoms with Crippen molar-refractivity contribution in [2.75, 3.05) is 11.1 Å². The van der Waals surface area contributed by atoms with Crippen molar-refractivity contribution in [2.45, 2.75) is 13.3 Å². The van der Waals surface area contributed by atoms with E-state index in [1.54, 1.807) is 12.4 Å². The Hall–Kier alpha value is -3.47. The molecule has 0 unspecified atom stereocenters. The molecule has 2 aromatic carbocycles. The minimum absolute atomic E-state index is 0.442. The van der Waals surface area contributed by atoms with Gasteiger partial charge in [-0.3, -0.25) is 4.98 Å². The van der Waals surface area contributed by atoms with Gasteiger partial charge in [-0.05, 0) is 47.9 Å². The summed E-state index contributed by atoms with van der Waals surface area (Å²) in [6.45, 7) is 2.13. The fraction of sp³-hybridized carbons (Fsp3) is 0.0952. The molecule has 128 valence electrons.